The van der Waals surface area contributed by atoms with Crippen LogP contribution in [-0.4, -0.2) is 30.2 Å². The average Bonchev–Trinajstić information content (AvgIpc) is 2.84. The molecule has 20 heavy (non-hydrogen) atoms. The highest BCUT2D eigenvalue weighted by Gasteiger charge is 2.38. The summed E-state index contributed by atoms with van der Waals surface area (Å²) in [5, 5.41) is 10.7. The van der Waals surface area contributed by atoms with Crippen molar-refractivity contribution in [3.63, 3.8) is 0 Å². The molecule has 1 fully saturated rings. The third-order valence-corrected chi connectivity index (χ3v) is 4.18. The van der Waals surface area contributed by atoms with Crippen molar-refractivity contribution in [2.45, 2.75) is 44.7 Å². The molecule has 0 aromatic heterocycles. The molecule has 1 aliphatic rings. The topological polar surface area (TPSA) is 52.9 Å². The van der Waals surface area contributed by atoms with Gasteiger partial charge >= 0.3 is 0 Å². The number of carbonyl (C=O) groups excluding carboxylic acids is 1. The molecule has 0 heterocycles. The molecule has 1 saturated carbocycles. The Bertz CT molecular complexity index is 540. The van der Waals surface area contributed by atoms with Gasteiger partial charge in [-0.05, 0) is 39.4 Å². The van der Waals surface area contributed by atoms with Crippen LogP contribution in [0.25, 0.3) is 0 Å². The van der Waals surface area contributed by atoms with E-state index < -0.39 is 5.54 Å². The van der Waals surface area contributed by atoms with Gasteiger partial charge in [0.2, 0.25) is 6.08 Å². The van der Waals surface area contributed by atoms with E-state index in [2.05, 4.69) is 4.99 Å². The van der Waals surface area contributed by atoms with Crippen molar-refractivity contribution in [1.82, 2.24) is 4.90 Å². The number of aliphatic imine (C=N–C) groups is 1. The van der Waals surface area contributed by atoms with E-state index in [0.717, 1.165) is 42.4 Å². The summed E-state index contributed by atoms with van der Waals surface area (Å²) < 4.78 is 0. The molecule has 0 aliphatic heterocycles. The fraction of sp³-hybridized carbons (Fsp3) is 0.562. The molecule has 0 bridgehead atoms. The summed E-state index contributed by atoms with van der Waals surface area (Å²) in [6.07, 6.45) is 5.37. The van der Waals surface area contributed by atoms with Crippen LogP contribution in [0.15, 0.2) is 17.1 Å². The molecule has 0 atom stereocenters. The SMILES string of the molecule is Cc1ccc(C2(N=C=O)CCCC2)c(O)c1CN(C)C. The van der Waals surface area contributed by atoms with Gasteiger partial charge in [0.1, 0.15) is 11.3 Å². The second kappa shape index (κ2) is 5.78. The lowest BCUT2D eigenvalue weighted by Gasteiger charge is -2.26. The first-order valence-corrected chi connectivity index (χ1v) is 7.06. The number of phenolic OH excluding ortho intramolecular Hbond substituents is 1. The summed E-state index contributed by atoms with van der Waals surface area (Å²) in [5.74, 6) is 0.291. The second-order valence-corrected chi connectivity index (χ2v) is 5.94. The summed E-state index contributed by atoms with van der Waals surface area (Å²) in [6.45, 7) is 2.67. The number of rotatable bonds is 4. The van der Waals surface area contributed by atoms with Crippen LogP contribution in [0.2, 0.25) is 0 Å². The van der Waals surface area contributed by atoms with Gasteiger partial charge in [-0.3, -0.25) is 0 Å². The van der Waals surface area contributed by atoms with Crippen LogP contribution in [0.5, 0.6) is 5.75 Å². The lowest BCUT2D eigenvalue weighted by atomic mass is 9.85. The molecule has 0 amide bonds. The fourth-order valence-electron chi connectivity index (χ4n) is 3.12. The molecular formula is C16H22N2O2. The van der Waals surface area contributed by atoms with E-state index in [1.807, 2.05) is 38.1 Å². The Balaban J connectivity index is 2.54. The largest absolute Gasteiger partial charge is 0.507 e. The van der Waals surface area contributed by atoms with Crippen LogP contribution in [0.4, 0.5) is 0 Å². The first-order chi connectivity index (χ1) is 9.50. The molecule has 0 radical (unpaired) electrons. The van der Waals surface area contributed by atoms with Crippen LogP contribution in [0.1, 0.15) is 42.4 Å². The Morgan fingerprint density at radius 1 is 1.35 bits per heavy atom. The van der Waals surface area contributed by atoms with Gasteiger partial charge in [0.15, 0.2) is 0 Å². The smallest absolute Gasteiger partial charge is 0.235 e. The number of isocyanates is 1. The monoisotopic (exact) mass is 274 g/mol. The maximum absolute atomic E-state index is 10.8. The average molecular weight is 274 g/mol. The maximum Gasteiger partial charge on any atom is 0.235 e. The van der Waals surface area contributed by atoms with Crippen LogP contribution < -0.4 is 0 Å². The van der Waals surface area contributed by atoms with Crippen LogP contribution in [0.3, 0.4) is 0 Å². The summed E-state index contributed by atoms with van der Waals surface area (Å²) in [6, 6.07) is 3.92. The summed E-state index contributed by atoms with van der Waals surface area (Å²) in [4.78, 5) is 16.9. The number of hydrogen-bond acceptors (Lipinski definition) is 4. The molecule has 108 valence electrons. The van der Waals surface area contributed by atoms with E-state index in [9.17, 15) is 9.90 Å². The van der Waals surface area contributed by atoms with E-state index in [4.69, 9.17) is 0 Å². The standard InChI is InChI=1S/C16H22N2O2/c1-12-6-7-14(15(20)13(12)10-18(2)3)16(17-11-19)8-4-5-9-16/h6-7,20H,4-5,8-10H2,1-3H3. The van der Waals surface area contributed by atoms with Gasteiger partial charge < -0.3 is 10.0 Å². The molecule has 1 aromatic carbocycles. The number of hydrogen-bond donors (Lipinski definition) is 1. The number of benzene rings is 1. The predicted molar refractivity (Wildman–Crippen MR) is 78.5 cm³/mol. The maximum atomic E-state index is 10.8. The zero-order valence-electron chi connectivity index (χ0n) is 12.4. The first kappa shape index (κ1) is 14.8. The van der Waals surface area contributed by atoms with Crippen LogP contribution in [-0.2, 0) is 16.9 Å². The third-order valence-electron chi connectivity index (χ3n) is 4.18. The van der Waals surface area contributed by atoms with Gasteiger partial charge in [-0.15, -0.1) is 0 Å². The van der Waals surface area contributed by atoms with Gasteiger partial charge in [-0.25, -0.2) is 4.79 Å². The highest BCUT2D eigenvalue weighted by atomic mass is 16.3. The first-order valence-electron chi connectivity index (χ1n) is 7.06. The van der Waals surface area contributed by atoms with Crippen molar-refractivity contribution in [1.29, 1.82) is 0 Å². The van der Waals surface area contributed by atoms with Crippen LogP contribution in [0, 0.1) is 6.92 Å². The Morgan fingerprint density at radius 2 is 2.00 bits per heavy atom. The molecule has 2 rings (SSSR count). The van der Waals surface area contributed by atoms with Crippen molar-refractivity contribution in [3.8, 4) is 5.75 Å². The van der Waals surface area contributed by atoms with Gasteiger partial charge in [-0.2, -0.15) is 4.99 Å². The quantitative estimate of drug-likeness (QED) is 0.678. The van der Waals surface area contributed by atoms with E-state index in [-0.39, 0.29) is 0 Å². The molecule has 1 N–H and O–H groups in total. The molecule has 4 heteroatoms. The molecule has 4 nitrogen and oxygen atoms in total. The molecule has 1 aromatic rings. The van der Waals surface area contributed by atoms with Crippen molar-refractivity contribution in [2.24, 2.45) is 4.99 Å². The van der Waals surface area contributed by atoms with Gasteiger partial charge in [-0.1, -0.05) is 25.0 Å². The minimum Gasteiger partial charge on any atom is -0.507 e. The number of aryl methyl sites for hydroxylation is 1. The lowest BCUT2D eigenvalue weighted by Crippen LogP contribution is -2.21. The number of nitrogens with zero attached hydrogens (tertiary/aromatic N) is 2. The molecule has 0 saturated heterocycles. The Labute approximate surface area is 120 Å². The predicted octanol–water partition coefficient (Wildman–Crippen LogP) is 2.87. The molecule has 0 unspecified atom stereocenters. The van der Waals surface area contributed by atoms with E-state index in [1.54, 1.807) is 6.08 Å². The number of phenols is 1. The molecular weight excluding hydrogens is 252 g/mol. The van der Waals surface area contributed by atoms with Gasteiger partial charge in [0.05, 0.1) is 0 Å². The zero-order valence-corrected chi connectivity index (χ0v) is 12.4. The summed E-state index contributed by atoms with van der Waals surface area (Å²) in [5.41, 5.74) is 2.18. The minimum atomic E-state index is -0.569. The van der Waals surface area contributed by atoms with Crippen molar-refractivity contribution < 1.29 is 9.90 Å². The van der Waals surface area contributed by atoms with E-state index in [1.165, 1.54) is 0 Å². The lowest BCUT2D eigenvalue weighted by molar-refractivity contribution is 0.371. The highest BCUT2D eigenvalue weighted by molar-refractivity contribution is 5.50. The van der Waals surface area contributed by atoms with E-state index in [0.29, 0.717) is 12.3 Å². The zero-order chi connectivity index (χ0) is 14.8. The minimum absolute atomic E-state index is 0.291. The number of aromatic hydroxyl groups is 1. The third kappa shape index (κ3) is 2.62. The summed E-state index contributed by atoms with van der Waals surface area (Å²) >= 11 is 0. The van der Waals surface area contributed by atoms with Crippen molar-refractivity contribution in [3.05, 3.63) is 28.8 Å². The Kier molecular flexibility index (Phi) is 4.26. The second-order valence-electron chi connectivity index (χ2n) is 5.94. The van der Waals surface area contributed by atoms with Crippen molar-refractivity contribution >= 4 is 6.08 Å². The van der Waals surface area contributed by atoms with Crippen molar-refractivity contribution in [2.75, 3.05) is 14.1 Å². The van der Waals surface area contributed by atoms with E-state index >= 15 is 0 Å². The molecule has 0 spiro atoms. The molecule has 1 aliphatic carbocycles. The highest BCUT2D eigenvalue weighted by Crippen LogP contribution is 2.46. The summed E-state index contributed by atoms with van der Waals surface area (Å²) in [7, 11) is 3.95. The Morgan fingerprint density at radius 3 is 2.55 bits per heavy atom. The Hall–Kier alpha value is -1.64. The van der Waals surface area contributed by atoms with Gasteiger partial charge in [0.25, 0.3) is 0 Å². The van der Waals surface area contributed by atoms with Crippen LogP contribution >= 0.6 is 0 Å². The van der Waals surface area contributed by atoms with Gasteiger partial charge in [0, 0.05) is 17.7 Å². The fourth-order valence-corrected chi connectivity index (χ4v) is 3.12. The normalized spacial score (nSPS) is 17.2.